The number of oxazole rings is 1. The Morgan fingerprint density at radius 1 is 1.24 bits per heavy atom. The fourth-order valence-corrected chi connectivity index (χ4v) is 6.62. The molecule has 1 atom stereocenters. The van der Waals surface area contributed by atoms with Crippen molar-refractivity contribution in [1.82, 2.24) is 14.1 Å². The fourth-order valence-electron chi connectivity index (χ4n) is 5.38. The van der Waals surface area contributed by atoms with Gasteiger partial charge in [0.15, 0.2) is 0 Å². The number of aromatic nitrogens is 3. The molecular formula is C29H34N4O7S. The Labute approximate surface area is 240 Å². The minimum atomic E-state index is -1.61. The summed E-state index contributed by atoms with van der Waals surface area (Å²) in [5.41, 5.74) is 4.09. The molecule has 4 aromatic rings. The van der Waals surface area contributed by atoms with Crippen LogP contribution in [-0.2, 0) is 21.6 Å². The van der Waals surface area contributed by atoms with Gasteiger partial charge in [-0.15, -0.1) is 11.3 Å². The molecule has 11 nitrogen and oxygen atoms in total. The van der Waals surface area contributed by atoms with Gasteiger partial charge < -0.3 is 24.7 Å². The third-order valence-corrected chi connectivity index (χ3v) is 9.14. The molecule has 0 radical (unpaired) electrons. The quantitative estimate of drug-likeness (QED) is 0.304. The number of benzene rings is 1. The van der Waals surface area contributed by atoms with Crippen LogP contribution >= 0.6 is 11.3 Å². The predicted molar refractivity (Wildman–Crippen MR) is 154 cm³/mol. The molecule has 1 amide bonds. The van der Waals surface area contributed by atoms with Crippen molar-refractivity contribution in [2.75, 3.05) is 7.11 Å². The second kappa shape index (κ2) is 11.3. The highest BCUT2D eigenvalue weighted by Crippen LogP contribution is 2.38. The number of thiophene rings is 1. The molecule has 3 N–H and O–H groups in total. The summed E-state index contributed by atoms with van der Waals surface area (Å²) in [6.07, 6.45) is 4.35. The topological polar surface area (TPSA) is 152 Å². The second-order valence-electron chi connectivity index (χ2n) is 10.8. The van der Waals surface area contributed by atoms with Crippen LogP contribution in [0.4, 0.5) is 0 Å². The van der Waals surface area contributed by atoms with E-state index in [0.29, 0.717) is 52.6 Å². The zero-order valence-electron chi connectivity index (χ0n) is 23.5. The number of aliphatic hydroxyl groups is 1. The monoisotopic (exact) mass is 582 g/mol. The van der Waals surface area contributed by atoms with Gasteiger partial charge in [0.1, 0.15) is 28.5 Å². The lowest BCUT2D eigenvalue weighted by Crippen LogP contribution is -2.54. The number of primary amides is 1. The summed E-state index contributed by atoms with van der Waals surface area (Å²) in [6, 6.07) is 7.41. The summed E-state index contributed by atoms with van der Waals surface area (Å²) < 4.78 is 20.2. The Kier molecular flexibility index (Phi) is 7.91. The third-order valence-electron chi connectivity index (χ3n) is 7.84. The van der Waals surface area contributed by atoms with Gasteiger partial charge in [0.2, 0.25) is 11.8 Å². The predicted octanol–water partition coefficient (Wildman–Crippen LogP) is 3.48. The number of nitrogens with zero attached hydrogens (tertiary/aromatic N) is 3. The molecule has 3 heterocycles. The normalized spacial score (nSPS) is 18.5. The van der Waals surface area contributed by atoms with E-state index in [4.69, 9.17) is 19.6 Å². The highest BCUT2D eigenvalue weighted by atomic mass is 32.1. The van der Waals surface area contributed by atoms with Crippen LogP contribution in [0.25, 0.3) is 21.0 Å². The maximum Gasteiger partial charge on any atom is 0.333 e. The number of nitrogens with two attached hydrogens (primary N) is 1. The second-order valence-corrected chi connectivity index (χ2v) is 11.8. The Balaban J connectivity index is 1.74. The number of amides is 1. The largest absolute Gasteiger partial charge is 0.496 e. The van der Waals surface area contributed by atoms with Gasteiger partial charge in [-0.25, -0.2) is 14.3 Å². The number of carbonyl (C=O) groups excluding carboxylic acids is 1. The summed E-state index contributed by atoms with van der Waals surface area (Å²) in [5.74, 6) is 0.0917. The molecule has 3 aromatic heterocycles. The van der Waals surface area contributed by atoms with E-state index in [-0.39, 0.29) is 24.1 Å². The smallest absolute Gasteiger partial charge is 0.333 e. The number of ether oxygens (including phenoxy) is 2. The zero-order chi connectivity index (χ0) is 29.5. The number of hydrogen-bond acceptors (Lipinski definition) is 9. The van der Waals surface area contributed by atoms with E-state index in [0.717, 1.165) is 10.1 Å². The minimum absolute atomic E-state index is 0.0227. The number of aryl methyl sites for hydroxylation is 1. The lowest BCUT2D eigenvalue weighted by molar-refractivity contribution is -0.125. The van der Waals surface area contributed by atoms with Crippen molar-refractivity contribution in [2.45, 2.75) is 76.9 Å². The van der Waals surface area contributed by atoms with Gasteiger partial charge in [0.25, 0.3) is 5.56 Å². The van der Waals surface area contributed by atoms with Crippen molar-refractivity contribution < 1.29 is 23.8 Å². The standard InChI is InChI=1S/C29H34N4O7S/c1-16-22-25(35)33(29(2,3)27(30)36)28(37)32(26(22)41-23(16)24-31-13-14-39-24)15-21(19-7-5-6-8-20(19)38-4)40-18-11-9-17(34)10-12-18/h5-8,13-14,17-18,21,34H,9-12,15H2,1-4H3,(H2,30,36)/t17?,18?,21-/m0/s1. The SMILES string of the molecule is COc1ccccc1[C@H](Cn1c(=O)n(C(C)(C)C(N)=O)c(=O)c2c(C)c(-c3ncco3)sc21)OC1CCC(O)CC1. The van der Waals surface area contributed by atoms with Crippen LogP contribution in [0, 0.1) is 6.92 Å². The average molecular weight is 583 g/mol. The van der Waals surface area contributed by atoms with Crippen LogP contribution in [-0.4, -0.2) is 44.4 Å². The van der Waals surface area contributed by atoms with Gasteiger partial charge in [-0.1, -0.05) is 18.2 Å². The van der Waals surface area contributed by atoms with Gasteiger partial charge in [-0.3, -0.25) is 14.2 Å². The summed E-state index contributed by atoms with van der Waals surface area (Å²) >= 11 is 1.22. The molecule has 0 saturated heterocycles. The molecule has 12 heteroatoms. The maximum absolute atomic E-state index is 14.2. The Morgan fingerprint density at radius 2 is 1.95 bits per heavy atom. The fraction of sp³-hybridized carbons (Fsp3) is 0.448. The summed E-state index contributed by atoms with van der Waals surface area (Å²) in [4.78, 5) is 45.8. The number of para-hydroxylation sites is 1. The van der Waals surface area contributed by atoms with Crippen LogP contribution in [0.5, 0.6) is 5.75 Å². The van der Waals surface area contributed by atoms with E-state index >= 15 is 0 Å². The number of fused-ring (bicyclic) bond motifs is 1. The van der Waals surface area contributed by atoms with Gasteiger partial charge in [-0.05, 0) is 58.1 Å². The molecule has 1 fully saturated rings. The molecule has 1 aliphatic rings. The molecular weight excluding hydrogens is 548 g/mol. The first-order valence-electron chi connectivity index (χ1n) is 13.5. The van der Waals surface area contributed by atoms with Crippen LogP contribution in [0.15, 0.2) is 50.7 Å². The highest BCUT2D eigenvalue weighted by molar-refractivity contribution is 7.22. The van der Waals surface area contributed by atoms with Crippen molar-refractivity contribution >= 4 is 27.5 Å². The van der Waals surface area contributed by atoms with Crippen LogP contribution < -0.4 is 21.7 Å². The van der Waals surface area contributed by atoms with Gasteiger partial charge in [0, 0.05) is 5.56 Å². The van der Waals surface area contributed by atoms with Gasteiger partial charge in [0.05, 0.1) is 42.3 Å². The molecule has 41 heavy (non-hydrogen) atoms. The molecule has 0 unspecified atom stereocenters. The summed E-state index contributed by atoms with van der Waals surface area (Å²) in [5, 5.41) is 10.3. The third kappa shape index (κ3) is 5.22. The van der Waals surface area contributed by atoms with Crippen molar-refractivity contribution in [2.24, 2.45) is 5.73 Å². The van der Waals surface area contributed by atoms with Crippen molar-refractivity contribution in [1.29, 1.82) is 0 Å². The lowest BCUT2D eigenvalue weighted by Gasteiger charge is -2.31. The first-order chi connectivity index (χ1) is 19.5. The molecule has 0 aliphatic heterocycles. The number of hydrogen-bond donors (Lipinski definition) is 2. The first-order valence-corrected chi connectivity index (χ1v) is 14.3. The Hall–Kier alpha value is -3.74. The van der Waals surface area contributed by atoms with Crippen LogP contribution in [0.2, 0.25) is 0 Å². The van der Waals surface area contributed by atoms with Crippen molar-refractivity contribution in [3.8, 4) is 16.5 Å². The molecule has 218 valence electrons. The van der Waals surface area contributed by atoms with Crippen LogP contribution in [0.3, 0.4) is 0 Å². The van der Waals surface area contributed by atoms with E-state index in [9.17, 15) is 19.5 Å². The van der Waals surface area contributed by atoms with E-state index in [2.05, 4.69) is 4.98 Å². The number of rotatable bonds is 9. The van der Waals surface area contributed by atoms with Gasteiger partial charge in [-0.2, -0.15) is 0 Å². The van der Waals surface area contributed by atoms with E-state index in [1.54, 1.807) is 14.0 Å². The highest BCUT2D eigenvalue weighted by Gasteiger charge is 2.35. The molecule has 1 aliphatic carbocycles. The van der Waals surface area contributed by atoms with E-state index in [1.807, 2.05) is 24.3 Å². The summed E-state index contributed by atoms with van der Waals surface area (Å²) in [6.45, 7) is 4.69. The summed E-state index contributed by atoms with van der Waals surface area (Å²) in [7, 11) is 1.57. The van der Waals surface area contributed by atoms with Crippen molar-refractivity contribution in [3.63, 3.8) is 0 Å². The number of aliphatic hydroxyl groups excluding tert-OH is 1. The average Bonchev–Trinajstić information content (AvgIpc) is 3.59. The minimum Gasteiger partial charge on any atom is -0.496 e. The maximum atomic E-state index is 14.2. The number of methoxy groups -OCH3 is 1. The van der Waals surface area contributed by atoms with Crippen molar-refractivity contribution in [3.05, 3.63) is 68.7 Å². The van der Waals surface area contributed by atoms with Crippen LogP contribution in [0.1, 0.15) is 56.8 Å². The van der Waals surface area contributed by atoms with Gasteiger partial charge >= 0.3 is 5.69 Å². The Bertz CT molecular complexity index is 1680. The zero-order valence-corrected chi connectivity index (χ0v) is 24.3. The lowest BCUT2D eigenvalue weighted by atomic mass is 9.94. The Morgan fingerprint density at radius 3 is 2.59 bits per heavy atom. The first kappa shape index (κ1) is 28.8. The molecule has 0 spiro atoms. The molecule has 0 bridgehead atoms. The molecule has 1 aromatic carbocycles. The van der Waals surface area contributed by atoms with E-state index in [1.165, 1.54) is 42.2 Å². The molecule has 5 rings (SSSR count). The number of carbonyl (C=O) groups is 1. The van der Waals surface area contributed by atoms with E-state index < -0.39 is 28.8 Å². The molecule has 1 saturated carbocycles.